The molecule has 0 aromatic carbocycles. The Hall–Kier alpha value is -2.42. The van der Waals surface area contributed by atoms with Crippen LogP contribution in [0.2, 0.25) is 0 Å². The highest BCUT2D eigenvalue weighted by Gasteiger charge is 2.31. The number of carboxylic acids is 1. The summed E-state index contributed by atoms with van der Waals surface area (Å²) in [4.78, 5) is 42.7. The zero-order valence-electron chi connectivity index (χ0n) is 14.9. The van der Waals surface area contributed by atoms with Crippen LogP contribution in [-0.2, 0) is 20.8 Å². The number of hydrogen-bond donors (Lipinski definition) is 5. The van der Waals surface area contributed by atoms with Crippen LogP contribution in [0, 0.1) is 11.8 Å². The molecule has 0 saturated heterocycles. The lowest BCUT2D eigenvalue weighted by atomic mass is 9.99. The SMILES string of the molecule is CC(C)C(NC(=O)C(NC(=O)C(N)Cc1cnc[nH]1)C(C)C)C(=O)O. The van der Waals surface area contributed by atoms with E-state index in [1.54, 1.807) is 33.9 Å². The molecule has 0 saturated carbocycles. The third kappa shape index (κ3) is 6.18. The number of nitrogens with one attached hydrogen (secondary N) is 3. The summed E-state index contributed by atoms with van der Waals surface area (Å²) in [6.07, 6.45) is 3.31. The molecule has 2 amide bonds. The minimum Gasteiger partial charge on any atom is -0.480 e. The molecule has 0 aliphatic carbocycles. The van der Waals surface area contributed by atoms with Crippen molar-refractivity contribution in [3.05, 3.63) is 18.2 Å². The Kier molecular flexibility index (Phi) is 7.56. The number of H-pyrrole nitrogens is 1. The largest absolute Gasteiger partial charge is 0.480 e. The highest BCUT2D eigenvalue weighted by Crippen LogP contribution is 2.07. The molecular formula is C16H27N5O4. The van der Waals surface area contributed by atoms with E-state index in [-0.39, 0.29) is 18.3 Å². The van der Waals surface area contributed by atoms with Crippen LogP contribution in [0.25, 0.3) is 0 Å². The molecule has 9 heteroatoms. The van der Waals surface area contributed by atoms with E-state index in [0.717, 1.165) is 0 Å². The number of aromatic amines is 1. The second-order valence-corrected chi connectivity index (χ2v) is 6.69. The van der Waals surface area contributed by atoms with Gasteiger partial charge in [-0.1, -0.05) is 27.7 Å². The van der Waals surface area contributed by atoms with Gasteiger partial charge in [0.1, 0.15) is 12.1 Å². The van der Waals surface area contributed by atoms with Crippen LogP contribution >= 0.6 is 0 Å². The standard InChI is InChI=1S/C16H27N5O4/c1-8(2)12(15(23)21-13(9(3)4)16(24)25)20-14(22)11(17)5-10-6-18-7-19-10/h6-9,11-13H,5,17H2,1-4H3,(H,18,19)(H,20,22)(H,21,23)(H,24,25). The number of rotatable bonds is 9. The molecule has 0 bridgehead atoms. The lowest BCUT2D eigenvalue weighted by molar-refractivity contribution is -0.143. The second kappa shape index (κ2) is 9.16. The van der Waals surface area contributed by atoms with Crippen LogP contribution in [0.4, 0.5) is 0 Å². The van der Waals surface area contributed by atoms with E-state index in [0.29, 0.717) is 5.69 Å². The summed E-state index contributed by atoms with van der Waals surface area (Å²) >= 11 is 0. The first-order chi connectivity index (χ1) is 11.6. The number of amides is 2. The highest BCUT2D eigenvalue weighted by atomic mass is 16.4. The summed E-state index contributed by atoms with van der Waals surface area (Å²) in [6.45, 7) is 6.91. The molecule has 1 rings (SSSR count). The average molecular weight is 353 g/mol. The van der Waals surface area contributed by atoms with E-state index in [2.05, 4.69) is 20.6 Å². The number of carbonyl (C=O) groups is 3. The topological polar surface area (TPSA) is 150 Å². The quantitative estimate of drug-likeness (QED) is 0.409. The van der Waals surface area contributed by atoms with Crippen molar-refractivity contribution >= 4 is 17.8 Å². The fourth-order valence-corrected chi connectivity index (χ4v) is 2.28. The van der Waals surface area contributed by atoms with Crippen molar-refractivity contribution in [2.24, 2.45) is 17.6 Å². The summed E-state index contributed by atoms with van der Waals surface area (Å²) in [5.41, 5.74) is 6.58. The molecule has 140 valence electrons. The predicted molar refractivity (Wildman–Crippen MR) is 91.4 cm³/mol. The first-order valence-corrected chi connectivity index (χ1v) is 8.19. The number of hydrogen-bond acceptors (Lipinski definition) is 5. The molecule has 1 aromatic rings. The van der Waals surface area contributed by atoms with E-state index in [1.807, 2.05) is 0 Å². The highest BCUT2D eigenvalue weighted by molar-refractivity contribution is 5.92. The number of nitrogens with two attached hydrogens (primary N) is 1. The lowest BCUT2D eigenvalue weighted by Crippen LogP contribution is -2.57. The van der Waals surface area contributed by atoms with E-state index in [4.69, 9.17) is 5.73 Å². The van der Waals surface area contributed by atoms with Gasteiger partial charge in [-0.3, -0.25) is 9.59 Å². The van der Waals surface area contributed by atoms with Gasteiger partial charge in [0, 0.05) is 18.3 Å². The van der Waals surface area contributed by atoms with Crippen molar-refractivity contribution in [2.45, 2.75) is 52.2 Å². The van der Waals surface area contributed by atoms with Gasteiger partial charge in [-0.2, -0.15) is 0 Å². The van der Waals surface area contributed by atoms with Crippen molar-refractivity contribution < 1.29 is 19.5 Å². The molecule has 0 fully saturated rings. The number of aromatic nitrogens is 2. The van der Waals surface area contributed by atoms with Gasteiger partial charge in [-0.05, 0) is 11.8 Å². The summed E-state index contributed by atoms with van der Waals surface area (Å²) in [6, 6.07) is -2.75. The minimum absolute atomic E-state index is 0.232. The molecule has 0 aliphatic heterocycles. The van der Waals surface area contributed by atoms with Crippen LogP contribution in [0.15, 0.2) is 12.5 Å². The second-order valence-electron chi connectivity index (χ2n) is 6.69. The van der Waals surface area contributed by atoms with Crippen molar-refractivity contribution in [1.29, 1.82) is 0 Å². The number of nitrogens with zero attached hydrogens (tertiary/aromatic N) is 1. The monoisotopic (exact) mass is 353 g/mol. The smallest absolute Gasteiger partial charge is 0.326 e. The van der Waals surface area contributed by atoms with Crippen LogP contribution in [0.1, 0.15) is 33.4 Å². The fourth-order valence-electron chi connectivity index (χ4n) is 2.28. The first kappa shape index (κ1) is 20.6. The maximum atomic E-state index is 12.4. The molecule has 0 aliphatic rings. The fraction of sp³-hybridized carbons (Fsp3) is 0.625. The lowest BCUT2D eigenvalue weighted by Gasteiger charge is -2.26. The van der Waals surface area contributed by atoms with Crippen LogP contribution < -0.4 is 16.4 Å². The summed E-state index contributed by atoms with van der Waals surface area (Å²) < 4.78 is 0. The zero-order valence-corrected chi connectivity index (χ0v) is 14.9. The molecule has 6 N–H and O–H groups in total. The molecule has 9 nitrogen and oxygen atoms in total. The molecule has 3 unspecified atom stereocenters. The Balaban J connectivity index is 2.73. The number of carbonyl (C=O) groups excluding carboxylic acids is 2. The van der Waals surface area contributed by atoms with Gasteiger partial charge >= 0.3 is 5.97 Å². The number of imidazole rings is 1. The maximum absolute atomic E-state index is 12.4. The number of aliphatic carboxylic acids is 1. The maximum Gasteiger partial charge on any atom is 0.326 e. The van der Waals surface area contributed by atoms with E-state index >= 15 is 0 Å². The van der Waals surface area contributed by atoms with Crippen LogP contribution in [-0.4, -0.2) is 51.0 Å². The third-order valence-corrected chi connectivity index (χ3v) is 3.81. The average Bonchev–Trinajstić information content (AvgIpc) is 3.01. The van der Waals surface area contributed by atoms with Gasteiger partial charge < -0.3 is 26.5 Å². The molecule has 0 spiro atoms. The minimum atomic E-state index is -1.12. The molecule has 1 heterocycles. The Labute approximate surface area is 146 Å². The van der Waals surface area contributed by atoms with Crippen molar-refractivity contribution in [3.8, 4) is 0 Å². The van der Waals surface area contributed by atoms with Crippen molar-refractivity contribution in [3.63, 3.8) is 0 Å². The molecular weight excluding hydrogens is 326 g/mol. The number of carboxylic acid groups (broad SMARTS) is 1. The van der Waals surface area contributed by atoms with E-state index < -0.39 is 35.9 Å². The van der Waals surface area contributed by atoms with Crippen molar-refractivity contribution in [2.75, 3.05) is 0 Å². The van der Waals surface area contributed by atoms with Crippen molar-refractivity contribution in [1.82, 2.24) is 20.6 Å². The summed E-state index contributed by atoms with van der Waals surface area (Å²) in [5, 5.41) is 14.3. The van der Waals surface area contributed by atoms with E-state index in [9.17, 15) is 19.5 Å². The van der Waals surface area contributed by atoms with Gasteiger partial charge in [0.15, 0.2) is 0 Å². The molecule has 25 heavy (non-hydrogen) atoms. The van der Waals surface area contributed by atoms with Gasteiger partial charge in [-0.25, -0.2) is 9.78 Å². The molecule has 3 atom stereocenters. The van der Waals surface area contributed by atoms with Gasteiger partial charge in [0.25, 0.3) is 0 Å². The Bertz CT molecular complexity index is 585. The summed E-state index contributed by atoms with van der Waals surface area (Å²) in [5.74, 6) is -2.66. The normalized spacial score (nSPS) is 14.8. The molecule has 1 aromatic heterocycles. The summed E-state index contributed by atoms with van der Waals surface area (Å²) in [7, 11) is 0. The van der Waals surface area contributed by atoms with Crippen LogP contribution in [0.5, 0.6) is 0 Å². The first-order valence-electron chi connectivity index (χ1n) is 8.19. The molecule has 0 radical (unpaired) electrons. The van der Waals surface area contributed by atoms with Gasteiger partial charge in [0.05, 0.1) is 12.4 Å². The zero-order chi connectivity index (χ0) is 19.1. The Morgan fingerprint density at radius 2 is 1.68 bits per heavy atom. The van der Waals surface area contributed by atoms with Gasteiger partial charge in [-0.15, -0.1) is 0 Å². The third-order valence-electron chi connectivity index (χ3n) is 3.81. The predicted octanol–water partition coefficient (Wildman–Crippen LogP) is -0.354. The van der Waals surface area contributed by atoms with E-state index in [1.165, 1.54) is 6.33 Å². The Morgan fingerprint density at radius 1 is 1.12 bits per heavy atom. The van der Waals surface area contributed by atoms with Gasteiger partial charge in [0.2, 0.25) is 11.8 Å². The van der Waals surface area contributed by atoms with Crippen LogP contribution in [0.3, 0.4) is 0 Å². The Morgan fingerprint density at radius 3 is 2.12 bits per heavy atom.